The number of carbonyl (C=O) groups is 1. The first kappa shape index (κ1) is 25.1. The van der Waals surface area contributed by atoms with Gasteiger partial charge in [0, 0.05) is 41.8 Å². The van der Waals surface area contributed by atoms with Crippen LogP contribution in [0, 0.1) is 5.82 Å². The van der Waals surface area contributed by atoms with Gasteiger partial charge >= 0.3 is 6.03 Å². The molecule has 1 aromatic carbocycles. The molecule has 1 aliphatic heterocycles. The minimum atomic E-state index is -0.587. The lowest BCUT2D eigenvalue weighted by molar-refractivity contribution is -0.0443. The van der Waals surface area contributed by atoms with Crippen LogP contribution < -0.4 is 15.4 Å². The highest BCUT2D eigenvalue weighted by Gasteiger charge is 2.19. The summed E-state index contributed by atoms with van der Waals surface area (Å²) < 4.78 is 32.6. The minimum absolute atomic E-state index is 0.0486. The SMILES string of the molecule is CCC(CC)NC(=O)Nc1ccc(Oc2ccnc3cc(-c4ccc(C5OCCO5)cn4)sc23)c(F)c1. The smallest absolute Gasteiger partial charge is 0.319 e. The van der Waals surface area contributed by atoms with Crippen LogP contribution in [0.25, 0.3) is 20.8 Å². The van der Waals surface area contributed by atoms with Gasteiger partial charge in [-0.2, -0.15) is 0 Å². The molecular formula is C27H27FN4O4S. The molecule has 0 atom stereocenters. The van der Waals surface area contributed by atoms with Crippen LogP contribution in [0.15, 0.2) is 54.9 Å². The third-order valence-electron chi connectivity index (χ3n) is 6.04. The molecule has 4 heterocycles. The van der Waals surface area contributed by atoms with Gasteiger partial charge in [0.2, 0.25) is 0 Å². The Morgan fingerprint density at radius 3 is 2.62 bits per heavy atom. The number of nitrogens with zero attached hydrogens (tertiary/aromatic N) is 2. The number of fused-ring (bicyclic) bond motifs is 1. The molecule has 1 aliphatic rings. The molecule has 0 spiro atoms. The monoisotopic (exact) mass is 522 g/mol. The molecule has 1 saturated heterocycles. The topological polar surface area (TPSA) is 94.6 Å². The van der Waals surface area contributed by atoms with Crippen molar-refractivity contribution in [3.63, 3.8) is 0 Å². The fourth-order valence-corrected chi connectivity index (χ4v) is 5.03. The van der Waals surface area contributed by atoms with Crippen molar-refractivity contribution in [2.24, 2.45) is 0 Å². The number of thiophene rings is 1. The van der Waals surface area contributed by atoms with Crippen molar-refractivity contribution in [3.8, 4) is 22.1 Å². The number of urea groups is 1. The Labute approximate surface area is 217 Å². The Balaban J connectivity index is 1.32. The Morgan fingerprint density at radius 1 is 1.11 bits per heavy atom. The third kappa shape index (κ3) is 5.71. The summed E-state index contributed by atoms with van der Waals surface area (Å²) in [5, 5.41) is 5.53. The lowest BCUT2D eigenvalue weighted by Gasteiger charge is -2.15. The average Bonchev–Trinajstić information content (AvgIpc) is 3.60. The summed E-state index contributed by atoms with van der Waals surface area (Å²) in [5.74, 6) is -0.0557. The molecule has 2 amide bonds. The van der Waals surface area contributed by atoms with Crippen molar-refractivity contribution in [1.82, 2.24) is 15.3 Å². The van der Waals surface area contributed by atoms with Crippen molar-refractivity contribution in [2.75, 3.05) is 18.5 Å². The van der Waals surface area contributed by atoms with Crippen LogP contribution in [0.4, 0.5) is 14.9 Å². The Kier molecular flexibility index (Phi) is 7.59. The number of benzene rings is 1. The zero-order valence-electron chi connectivity index (χ0n) is 20.5. The number of anilines is 1. The van der Waals surface area contributed by atoms with E-state index >= 15 is 0 Å². The first-order valence-electron chi connectivity index (χ1n) is 12.2. The van der Waals surface area contributed by atoms with E-state index in [0.29, 0.717) is 24.7 Å². The van der Waals surface area contributed by atoms with E-state index in [4.69, 9.17) is 14.2 Å². The molecule has 4 aromatic rings. The highest BCUT2D eigenvalue weighted by molar-refractivity contribution is 7.22. The maximum atomic E-state index is 14.9. The normalized spacial score (nSPS) is 13.8. The van der Waals surface area contributed by atoms with Gasteiger partial charge in [-0.25, -0.2) is 9.18 Å². The number of aromatic nitrogens is 2. The van der Waals surface area contributed by atoms with Gasteiger partial charge in [0.15, 0.2) is 17.9 Å². The maximum absolute atomic E-state index is 14.9. The minimum Gasteiger partial charge on any atom is -0.453 e. The van der Waals surface area contributed by atoms with Crippen LogP contribution in [0.3, 0.4) is 0 Å². The van der Waals surface area contributed by atoms with E-state index in [2.05, 4.69) is 20.6 Å². The molecular weight excluding hydrogens is 495 g/mol. The summed E-state index contributed by atoms with van der Waals surface area (Å²) in [5.41, 5.74) is 2.71. The summed E-state index contributed by atoms with van der Waals surface area (Å²) in [6, 6.07) is 11.5. The Bertz CT molecular complexity index is 1390. The standard InChI is InChI=1S/C27H27FN4O4S/c1-3-17(4-2)31-27(33)32-18-6-8-22(19(28)13-18)36-23-9-10-29-21-14-24(37-25(21)23)20-7-5-16(15-30-20)26-34-11-12-35-26/h5-10,13-15,17,26H,3-4,11-12H2,1-2H3,(H2,31,32,33). The Morgan fingerprint density at radius 2 is 1.92 bits per heavy atom. The zero-order chi connectivity index (χ0) is 25.8. The molecule has 0 radical (unpaired) electrons. The number of hydrogen-bond acceptors (Lipinski definition) is 7. The molecule has 0 unspecified atom stereocenters. The molecule has 0 bridgehead atoms. The van der Waals surface area contributed by atoms with Crippen LogP contribution in [0.2, 0.25) is 0 Å². The van der Waals surface area contributed by atoms with Crippen molar-refractivity contribution in [2.45, 2.75) is 39.0 Å². The summed E-state index contributed by atoms with van der Waals surface area (Å²) >= 11 is 1.46. The summed E-state index contributed by atoms with van der Waals surface area (Å²) in [6.45, 7) is 5.15. The number of rotatable bonds is 8. The van der Waals surface area contributed by atoms with Gasteiger partial charge in [0.25, 0.3) is 0 Å². The molecule has 0 aliphatic carbocycles. The zero-order valence-corrected chi connectivity index (χ0v) is 21.3. The summed E-state index contributed by atoms with van der Waals surface area (Å²) in [4.78, 5) is 22.1. The highest BCUT2D eigenvalue weighted by atomic mass is 32.1. The van der Waals surface area contributed by atoms with Gasteiger partial charge in [0.1, 0.15) is 5.75 Å². The van der Waals surface area contributed by atoms with Gasteiger partial charge in [-0.15, -0.1) is 11.3 Å². The number of hydrogen-bond donors (Lipinski definition) is 2. The largest absolute Gasteiger partial charge is 0.453 e. The molecule has 5 rings (SSSR count). The molecule has 1 fully saturated rings. The van der Waals surface area contributed by atoms with E-state index in [0.717, 1.165) is 39.2 Å². The highest BCUT2D eigenvalue weighted by Crippen LogP contribution is 2.39. The van der Waals surface area contributed by atoms with Crippen molar-refractivity contribution < 1.29 is 23.4 Å². The number of halogens is 1. The van der Waals surface area contributed by atoms with Crippen LogP contribution in [0.1, 0.15) is 38.5 Å². The second-order valence-corrected chi connectivity index (χ2v) is 9.60. The fourth-order valence-electron chi connectivity index (χ4n) is 3.99. The van der Waals surface area contributed by atoms with Crippen molar-refractivity contribution in [3.05, 3.63) is 66.2 Å². The van der Waals surface area contributed by atoms with Gasteiger partial charge in [-0.1, -0.05) is 19.9 Å². The average molecular weight is 523 g/mol. The number of ether oxygens (including phenoxy) is 3. The van der Waals surface area contributed by atoms with Crippen molar-refractivity contribution in [1.29, 1.82) is 0 Å². The second-order valence-electron chi connectivity index (χ2n) is 8.54. The first-order chi connectivity index (χ1) is 18.0. The Hall–Kier alpha value is -3.60. The lowest BCUT2D eigenvalue weighted by atomic mass is 10.2. The van der Waals surface area contributed by atoms with E-state index < -0.39 is 5.82 Å². The molecule has 8 nitrogen and oxygen atoms in total. The maximum Gasteiger partial charge on any atom is 0.319 e. The van der Waals surface area contributed by atoms with Crippen LogP contribution in [0.5, 0.6) is 11.5 Å². The second kappa shape index (κ2) is 11.2. The van der Waals surface area contributed by atoms with E-state index in [1.807, 2.05) is 32.0 Å². The van der Waals surface area contributed by atoms with Crippen molar-refractivity contribution >= 4 is 33.3 Å². The fraction of sp³-hybridized carbons (Fsp3) is 0.296. The van der Waals surface area contributed by atoms with Gasteiger partial charge in [0.05, 0.1) is 34.0 Å². The van der Waals surface area contributed by atoms with Gasteiger partial charge in [-0.05, 0) is 37.1 Å². The number of carbonyl (C=O) groups excluding carboxylic acids is 1. The van der Waals surface area contributed by atoms with Gasteiger partial charge in [-0.3, -0.25) is 9.97 Å². The molecule has 10 heteroatoms. The molecule has 37 heavy (non-hydrogen) atoms. The third-order valence-corrected chi connectivity index (χ3v) is 7.20. The van der Waals surface area contributed by atoms with E-state index in [-0.39, 0.29) is 24.1 Å². The predicted octanol–water partition coefficient (Wildman–Crippen LogP) is 6.65. The van der Waals surface area contributed by atoms with E-state index in [1.165, 1.54) is 23.5 Å². The van der Waals surface area contributed by atoms with Gasteiger partial charge < -0.3 is 24.8 Å². The molecule has 192 valence electrons. The van der Waals surface area contributed by atoms with E-state index in [1.54, 1.807) is 24.5 Å². The van der Waals surface area contributed by atoms with Crippen LogP contribution >= 0.6 is 11.3 Å². The van der Waals surface area contributed by atoms with Crippen LogP contribution in [-0.2, 0) is 9.47 Å². The first-order valence-corrected chi connectivity index (χ1v) is 13.0. The number of amides is 2. The molecule has 0 saturated carbocycles. The van der Waals surface area contributed by atoms with E-state index in [9.17, 15) is 9.18 Å². The number of nitrogens with one attached hydrogen (secondary N) is 2. The summed E-state index contributed by atoms with van der Waals surface area (Å²) in [6.07, 6.45) is 4.64. The number of pyridine rings is 2. The molecule has 3 aromatic heterocycles. The summed E-state index contributed by atoms with van der Waals surface area (Å²) in [7, 11) is 0. The predicted molar refractivity (Wildman–Crippen MR) is 140 cm³/mol. The lowest BCUT2D eigenvalue weighted by Crippen LogP contribution is -2.37. The molecule has 2 N–H and O–H groups in total. The van der Waals surface area contributed by atoms with Crippen LogP contribution in [-0.4, -0.2) is 35.3 Å². The quantitative estimate of drug-likeness (QED) is 0.269.